The molecule has 0 rings (SSSR count). The lowest BCUT2D eigenvalue weighted by atomic mass is 10.2. The van der Waals surface area contributed by atoms with Crippen LogP contribution >= 0.6 is 0 Å². The zero-order chi connectivity index (χ0) is 13.4. The van der Waals surface area contributed by atoms with E-state index in [9.17, 15) is 4.79 Å². The van der Waals surface area contributed by atoms with Gasteiger partial charge in [-0.1, -0.05) is 37.5 Å². The molecule has 0 aliphatic heterocycles. The number of hydrogen-bond donors (Lipinski definition) is 0. The Bertz CT molecular complexity index is 232. The third-order valence-electron chi connectivity index (χ3n) is 1.56. The van der Waals surface area contributed by atoms with Crippen molar-refractivity contribution in [2.45, 2.75) is 6.42 Å². The minimum Gasteiger partial charge on any atom is -0.380 e. The zero-order valence-electron chi connectivity index (χ0n) is 10.6. The van der Waals surface area contributed by atoms with E-state index in [0.717, 1.165) is 18.3 Å². The zero-order valence-corrected chi connectivity index (χ0v) is 10.6. The molecule has 3 heteroatoms. The molecule has 0 aromatic heterocycles. The van der Waals surface area contributed by atoms with Crippen molar-refractivity contribution in [2.24, 2.45) is 0 Å². The van der Waals surface area contributed by atoms with Gasteiger partial charge >= 0.3 is 0 Å². The standard InChI is InChI=1S/C8H12O.C6H10O2/c1-4-6-8(5-2)7-9-3;1-2-3-5-8-6-4-7/h4-6H,1-2,7H2,3H3;2,4H,1,3,5-6H2/b8-6+;. The van der Waals surface area contributed by atoms with Gasteiger partial charge in [0.25, 0.3) is 0 Å². The van der Waals surface area contributed by atoms with Gasteiger partial charge in [-0.15, -0.1) is 6.58 Å². The Morgan fingerprint density at radius 1 is 1.29 bits per heavy atom. The average molecular weight is 238 g/mol. The largest absolute Gasteiger partial charge is 0.380 e. The molecule has 0 aromatic rings. The van der Waals surface area contributed by atoms with Crippen LogP contribution in [0.3, 0.4) is 0 Å². The normalized spacial score (nSPS) is 9.82. The molecule has 0 aliphatic rings. The van der Waals surface area contributed by atoms with Gasteiger partial charge in [0.1, 0.15) is 12.9 Å². The lowest BCUT2D eigenvalue weighted by Crippen LogP contribution is -1.95. The molecule has 0 unspecified atom stereocenters. The maximum Gasteiger partial charge on any atom is 0.145 e. The third kappa shape index (κ3) is 17.2. The summed E-state index contributed by atoms with van der Waals surface area (Å²) in [5, 5.41) is 0. The molecule has 96 valence electrons. The smallest absolute Gasteiger partial charge is 0.145 e. The number of rotatable bonds is 9. The monoisotopic (exact) mass is 238 g/mol. The van der Waals surface area contributed by atoms with E-state index in [4.69, 9.17) is 9.47 Å². The van der Waals surface area contributed by atoms with Crippen LogP contribution in [-0.4, -0.2) is 33.2 Å². The highest BCUT2D eigenvalue weighted by atomic mass is 16.5. The Labute approximate surface area is 104 Å². The number of allylic oxidation sites excluding steroid dienone is 2. The highest BCUT2D eigenvalue weighted by molar-refractivity contribution is 5.50. The maximum absolute atomic E-state index is 9.62. The van der Waals surface area contributed by atoms with Gasteiger partial charge in [0.2, 0.25) is 0 Å². The van der Waals surface area contributed by atoms with Gasteiger partial charge in [-0.3, -0.25) is 0 Å². The number of hydrogen-bond acceptors (Lipinski definition) is 3. The van der Waals surface area contributed by atoms with Gasteiger partial charge in [-0.25, -0.2) is 0 Å². The van der Waals surface area contributed by atoms with Crippen LogP contribution in [0.25, 0.3) is 0 Å². The van der Waals surface area contributed by atoms with Gasteiger partial charge in [0.15, 0.2) is 0 Å². The fraction of sp³-hybridized carbons (Fsp3) is 0.357. The molecule has 0 radical (unpaired) electrons. The molecule has 0 heterocycles. The molecule has 0 amide bonds. The molecule has 3 nitrogen and oxygen atoms in total. The van der Waals surface area contributed by atoms with E-state index in [1.165, 1.54) is 0 Å². The van der Waals surface area contributed by atoms with Crippen LogP contribution in [-0.2, 0) is 14.3 Å². The summed E-state index contributed by atoms with van der Waals surface area (Å²) in [6.45, 7) is 12.1. The molecule has 0 N–H and O–H groups in total. The summed E-state index contributed by atoms with van der Waals surface area (Å²) in [4.78, 5) is 9.62. The maximum atomic E-state index is 9.62. The molecule has 17 heavy (non-hydrogen) atoms. The first kappa shape index (κ1) is 17.9. The van der Waals surface area contributed by atoms with Crippen molar-refractivity contribution in [2.75, 3.05) is 26.9 Å². The van der Waals surface area contributed by atoms with Gasteiger partial charge in [0, 0.05) is 7.11 Å². The van der Waals surface area contributed by atoms with E-state index in [1.807, 2.05) is 6.08 Å². The molecular formula is C14H22O3. The Morgan fingerprint density at radius 2 is 2.00 bits per heavy atom. The van der Waals surface area contributed by atoms with E-state index >= 15 is 0 Å². The van der Waals surface area contributed by atoms with Crippen LogP contribution in [0, 0.1) is 0 Å². The number of aldehydes is 1. The Balaban J connectivity index is 0. The van der Waals surface area contributed by atoms with Gasteiger partial charge in [0.05, 0.1) is 13.2 Å². The third-order valence-corrected chi connectivity index (χ3v) is 1.56. The van der Waals surface area contributed by atoms with Crippen LogP contribution in [0.2, 0.25) is 0 Å². The van der Waals surface area contributed by atoms with Crippen molar-refractivity contribution in [1.82, 2.24) is 0 Å². The summed E-state index contributed by atoms with van der Waals surface area (Å²) < 4.78 is 9.64. The van der Waals surface area contributed by atoms with Crippen molar-refractivity contribution in [3.8, 4) is 0 Å². The number of carbonyl (C=O) groups is 1. The molecular weight excluding hydrogens is 216 g/mol. The van der Waals surface area contributed by atoms with Crippen LogP contribution < -0.4 is 0 Å². The highest BCUT2D eigenvalue weighted by Gasteiger charge is 1.84. The molecule has 0 fully saturated rings. The van der Waals surface area contributed by atoms with Crippen LogP contribution in [0.1, 0.15) is 6.42 Å². The molecule has 0 saturated heterocycles. The van der Waals surface area contributed by atoms with E-state index in [2.05, 4.69) is 19.7 Å². The fourth-order valence-electron chi connectivity index (χ4n) is 0.791. The van der Waals surface area contributed by atoms with Crippen molar-refractivity contribution in [3.63, 3.8) is 0 Å². The predicted octanol–water partition coefficient (Wildman–Crippen LogP) is 2.71. The summed E-state index contributed by atoms with van der Waals surface area (Å²) in [7, 11) is 1.65. The number of carbonyl (C=O) groups excluding carboxylic acids is 1. The summed E-state index contributed by atoms with van der Waals surface area (Å²) >= 11 is 0. The van der Waals surface area contributed by atoms with Gasteiger partial charge in [-0.05, 0) is 12.0 Å². The second kappa shape index (κ2) is 17.0. The Morgan fingerprint density at radius 3 is 2.41 bits per heavy atom. The predicted molar refractivity (Wildman–Crippen MR) is 72.1 cm³/mol. The lowest BCUT2D eigenvalue weighted by molar-refractivity contribution is -0.111. The quantitative estimate of drug-likeness (QED) is 0.268. The molecule has 0 aliphatic carbocycles. The number of ether oxygens (including phenoxy) is 2. The van der Waals surface area contributed by atoms with E-state index < -0.39 is 0 Å². The second-order valence-corrected chi connectivity index (χ2v) is 2.93. The van der Waals surface area contributed by atoms with Crippen LogP contribution in [0.15, 0.2) is 49.6 Å². The lowest BCUT2D eigenvalue weighted by Gasteiger charge is -1.95. The first-order valence-corrected chi connectivity index (χ1v) is 5.32. The Hall–Kier alpha value is -1.45. The molecule has 0 spiro atoms. The van der Waals surface area contributed by atoms with Crippen LogP contribution in [0.5, 0.6) is 0 Å². The first-order chi connectivity index (χ1) is 8.26. The van der Waals surface area contributed by atoms with Gasteiger partial charge < -0.3 is 14.3 Å². The second-order valence-electron chi connectivity index (χ2n) is 2.93. The summed E-state index contributed by atoms with van der Waals surface area (Å²) in [5.74, 6) is 0. The average Bonchev–Trinajstić information content (AvgIpc) is 2.35. The first-order valence-electron chi connectivity index (χ1n) is 5.32. The summed E-state index contributed by atoms with van der Waals surface area (Å²) in [6.07, 6.45) is 8.65. The van der Waals surface area contributed by atoms with Crippen molar-refractivity contribution in [1.29, 1.82) is 0 Å². The van der Waals surface area contributed by atoms with Crippen molar-refractivity contribution in [3.05, 3.63) is 49.6 Å². The topological polar surface area (TPSA) is 35.5 Å². The Kier molecular flexibility index (Phi) is 17.9. The van der Waals surface area contributed by atoms with E-state index in [0.29, 0.717) is 13.2 Å². The molecule has 0 aromatic carbocycles. The van der Waals surface area contributed by atoms with E-state index in [-0.39, 0.29) is 6.61 Å². The van der Waals surface area contributed by atoms with Crippen molar-refractivity contribution < 1.29 is 14.3 Å². The number of methoxy groups -OCH3 is 1. The fourth-order valence-corrected chi connectivity index (χ4v) is 0.791. The minimum absolute atomic E-state index is 0.202. The minimum atomic E-state index is 0.202. The van der Waals surface area contributed by atoms with Crippen LogP contribution in [0.4, 0.5) is 0 Å². The molecule has 0 atom stereocenters. The highest BCUT2D eigenvalue weighted by Crippen LogP contribution is 1.94. The summed E-state index contributed by atoms with van der Waals surface area (Å²) in [5.41, 5.74) is 1.05. The SMILES string of the molecule is C=C/C=C(\C=C)COC.C=CCCOCC=O. The van der Waals surface area contributed by atoms with Crippen molar-refractivity contribution >= 4 is 6.29 Å². The van der Waals surface area contributed by atoms with Gasteiger partial charge in [-0.2, -0.15) is 0 Å². The summed E-state index contributed by atoms with van der Waals surface area (Å²) in [6, 6.07) is 0. The molecule has 0 saturated carbocycles. The molecule has 0 bridgehead atoms. The van der Waals surface area contributed by atoms with E-state index in [1.54, 1.807) is 25.3 Å².